The van der Waals surface area contributed by atoms with Crippen LogP contribution in [0.2, 0.25) is 0 Å². The van der Waals surface area contributed by atoms with E-state index in [0.717, 1.165) is 25.8 Å². The van der Waals surface area contributed by atoms with Gasteiger partial charge in [0.25, 0.3) is 0 Å². The number of carbonyl (C=O) groups excluding carboxylic acids is 3. The molecule has 2 fully saturated rings. The minimum absolute atomic E-state index is 0.00137. The molecule has 1 aromatic rings. The first-order valence-corrected chi connectivity index (χ1v) is 9.53. The van der Waals surface area contributed by atoms with E-state index in [2.05, 4.69) is 15.6 Å². The third-order valence-electron chi connectivity index (χ3n) is 5.16. The number of hydrogen-bond acceptors (Lipinski definition) is 5. The van der Waals surface area contributed by atoms with E-state index in [1.807, 2.05) is 0 Å². The molecule has 1 aromatic heterocycles. The number of Topliss-reactive ketones (excluding diaryl/α,β-unsaturated/α-hetero) is 1. The molecule has 0 aromatic carbocycles. The fourth-order valence-corrected chi connectivity index (χ4v) is 4.10. The van der Waals surface area contributed by atoms with Crippen LogP contribution in [0, 0.1) is 17.8 Å². The normalized spacial score (nSPS) is 23.3. The Morgan fingerprint density at radius 1 is 1.08 bits per heavy atom. The van der Waals surface area contributed by atoms with Gasteiger partial charge in [0.15, 0.2) is 10.9 Å². The second-order valence-corrected chi connectivity index (χ2v) is 8.13. The summed E-state index contributed by atoms with van der Waals surface area (Å²) in [6.07, 6.45) is 6.05. The van der Waals surface area contributed by atoms with Gasteiger partial charge in [0.05, 0.1) is 16.5 Å². The highest BCUT2D eigenvalue weighted by atomic mass is 32.1. The molecule has 7 heteroatoms. The van der Waals surface area contributed by atoms with Crippen LogP contribution in [0.1, 0.15) is 53.9 Å². The Morgan fingerprint density at radius 3 is 2.54 bits per heavy atom. The predicted octanol–water partition coefficient (Wildman–Crippen LogP) is 2.15. The second-order valence-electron chi connectivity index (χ2n) is 7.13. The average Bonchev–Trinajstić information content (AvgIpc) is 3.22. The lowest BCUT2D eigenvalue weighted by atomic mass is 9.85. The zero-order valence-corrected chi connectivity index (χ0v) is 14.3. The van der Waals surface area contributed by atoms with Gasteiger partial charge in [-0.3, -0.25) is 14.4 Å². The maximum Gasteiger partial charge on any atom is 0.229 e. The van der Waals surface area contributed by atoms with Gasteiger partial charge in [-0.25, -0.2) is 4.98 Å². The Hall–Kier alpha value is -1.76. The van der Waals surface area contributed by atoms with Crippen molar-refractivity contribution in [2.24, 2.45) is 17.8 Å². The van der Waals surface area contributed by atoms with Crippen molar-refractivity contribution in [3.63, 3.8) is 0 Å². The van der Waals surface area contributed by atoms with Crippen molar-refractivity contribution in [3.8, 4) is 0 Å². The fraction of sp³-hybridized carbons (Fsp3) is 0.647. The molecule has 3 aliphatic carbocycles. The first kappa shape index (κ1) is 15.7. The number of nitrogens with one attached hydrogen (secondary N) is 2. The fourth-order valence-electron chi connectivity index (χ4n) is 3.16. The Bertz CT molecular complexity index is 691. The summed E-state index contributed by atoms with van der Waals surface area (Å²) in [7, 11) is 0. The highest BCUT2D eigenvalue weighted by Gasteiger charge is 2.34. The zero-order valence-electron chi connectivity index (χ0n) is 13.5. The summed E-state index contributed by atoms with van der Waals surface area (Å²) in [6.45, 7) is 0.718. The number of fused-ring (bicyclic) bond motifs is 1. The van der Waals surface area contributed by atoms with Crippen molar-refractivity contribution in [1.29, 1.82) is 0 Å². The lowest BCUT2D eigenvalue weighted by molar-refractivity contribution is -0.125. The molecule has 1 heterocycles. The minimum Gasteiger partial charge on any atom is -0.356 e. The molecule has 3 aliphatic rings. The molecular formula is C17H21N3O3S. The first-order valence-electron chi connectivity index (χ1n) is 8.71. The molecule has 1 atom stereocenters. The van der Waals surface area contributed by atoms with Crippen LogP contribution >= 0.6 is 11.3 Å². The van der Waals surface area contributed by atoms with Crippen LogP contribution in [0.25, 0.3) is 0 Å². The van der Waals surface area contributed by atoms with E-state index in [0.29, 0.717) is 28.0 Å². The molecule has 0 spiro atoms. The number of amides is 2. The van der Waals surface area contributed by atoms with E-state index in [1.165, 1.54) is 24.2 Å². The van der Waals surface area contributed by atoms with E-state index in [4.69, 9.17) is 0 Å². The summed E-state index contributed by atoms with van der Waals surface area (Å²) in [5, 5.41) is 6.27. The van der Waals surface area contributed by atoms with Gasteiger partial charge in [-0.15, -0.1) is 0 Å². The van der Waals surface area contributed by atoms with E-state index < -0.39 is 0 Å². The van der Waals surface area contributed by atoms with Crippen LogP contribution in [0.3, 0.4) is 0 Å². The Kier molecular flexibility index (Phi) is 4.12. The molecule has 0 radical (unpaired) electrons. The van der Waals surface area contributed by atoms with E-state index >= 15 is 0 Å². The number of carbonyl (C=O) groups is 3. The van der Waals surface area contributed by atoms with Crippen LogP contribution in [-0.2, 0) is 16.0 Å². The number of nitrogens with zero attached hydrogens (tertiary/aromatic N) is 1. The lowest BCUT2D eigenvalue weighted by Gasteiger charge is -2.23. The zero-order chi connectivity index (χ0) is 16.7. The minimum atomic E-state index is -0.332. The molecule has 0 saturated heterocycles. The van der Waals surface area contributed by atoms with Gasteiger partial charge in [0.2, 0.25) is 11.8 Å². The second kappa shape index (κ2) is 6.27. The van der Waals surface area contributed by atoms with E-state index in [1.54, 1.807) is 0 Å². The Labute approximate surface area is 144 Å². The Morgan fingerprint density at radius 2 is 1.88 bits per heavy atom. The van der Waals surface area contributed by atoms with Gasteiger partial charge < -0.3 is 10.6 Å². The van der Waals surface area contributed by atoms with Crippen molar-refractivity contribution in [2.45, 2.75) is 44.9 Å². The molecule has 128 valence electrons. The van der Waals surface area contributed by atoms with Crippen molar-refractivity contribution in [2.75, 3.05) is 11.9 Å². The van der Waals surface area contributed by atoms with Crippen molar-refractivity contribution in [1.82, 2.24) is 10.3 Å². The van der Waals surface area contributed by atoms with E-state index in [-0.39, 0.29) is 35.9 Å². The number of anilines is 1. The van der Waals surface area contributed by atoms with Gasteiger partial charge in [-0.1, -0.05) is 17.8 Å². The topological polar surface area (TPSA) is 88.2 Å². The number of rotatable bonds is 5. The van der Waals surface area contributed by atoms with Crippen LogP contribution in [0.4, 0.5) is 5.13 Å². The third kappa shape index (κ3) is 3.22. The first-order chi connectivity index (χ1) is 11.6. The number of ketones is 1. The summed E-state index contributed by atoms with van der Waals surface area (Å²) >= 11 is 1.24. The van der Waals surface area contributed by atoms with Gasteiger partial charge >= 0.3 is 0 Å². The monoisotopic (exact) mass is 347 g/mol. The highest BCUT2D eigenvalue weighted by molar-refractivity contribution is 7.17. The van der Waals surface area contributed by atoms with Gasteiger partial charge in [-0.2, -0.15) is 0 Å². The predicted molar refractivity (Wildman–Crippen MR) is 90.0 cm³/mol. The molecule has 2 amide bonds. The maximum atomic E-state index is 12.3. The van der Waals surface area contributed by atoms with Crippen molar-refractivity contribution < 1.29 is 14.4 Å². The van der Waals surface area contributed by atoms with E-state index in [9.17, 15) is 14.4 Å². The summed E-state index contributed by atoms with van der Waals surface area (Å²) in [5.74, 6) is 0.289. The van der Waals surface area contributed by atoms with Gasteiger partial charge in [-0.05, 0) is 31.6 Å². The molecule has 4 rings (SSSR count). The molecular weight excluding hydrogens is 326 g/mol. The summed E-state index contributed by atoms with van der Waals surface area (Å²) in [6, 6.07) is 0. The summed E-state index contributed by atoms with van der Waals surface area (Å²) in [4.78, 5) is 41.6. The van der Waals surface area contributed by atoms with Crippen LogP contribution in [0.15, 0.2) is 0 Å². The van der Waals surface area contributed by atoms with Crippen LogP contribution < -0.4 is 10.6 Å². The van der Waals surface area contributed by atoms with Gasteiger partial charge in [0, 0.05) is 25.3 Å². The highest BCUT2D eigenvalue weighted by Crippen LogP contribution is 2.34. The van der Waals surface area contributed by atoms with Crippen molar-refractivity contribution in [3.05, 3.63) is 10.6 Å². The largest absolute Gasteiger partial charge is 0.356 e. The third-order valence-corrected chi connectivity index (χ3v) is 6.22. The lowest BCUT2D eigenvalue weighted by Crippen LogP contribution is -2.36. The SMILES string of the molecule is O=C1CC(C(=O)NCC2CC2)Cc2nc(NC(=O)C3CCC3)sc21. The van der Waals surface area contributed by atoms with Crippen molar-refractivity contribution >= 4 is 34.1 Å². The maximum absolute atomic E-state index is 12.3. The van der Waals surface area contributed by atoms with Crippen LogP contribution in [0.5, 0.6) is 0 Å². The summed E-state index contributed by atoms with van der Waals surface area (Å²) < 4.78 is 0. The Balaban J connectivity index is 1.41. The molecule has 0 bridgehead atoms. The quantitative estimate of drug-likeness (QED) is 0.854. The molecule has 24 heavy (non-hydrogen) atoms. The molecule has 0 aliphatic heterocycles. The average molecular weight is 347 g/mol. The molecule has 6 nitrogen and oxygen atoms in total. The number of aromatic nitrogens is 1. The smallest absolute Gasteiger partial charge is 0.229 e. The summed E-state index contributed by atoms with van der Waals surface area (Å²) in [5.41, 5.74) is 0.659. The molecule has 1 unspecified atom stereocenters. The standard InChI is InChI=1S/C17H21N3O3S/c21-13-7-11(15(22)18-8-9-4-5-9)6-12-14(13)24-17(19-12)20-16(23)10-2-1-3-10/h9-11H,1-8H2,(H,18,22)(H,19,20,23). The van der Waals surface area contributed by atoms with Crippen LogP contribution in [-0.4, -0.2) is 29.1 Å². The number of hydrogen-bond donors (Lipinski definition) is 2. The molecule has 2 N–H and O–H groups in total. The number of thiazole rings is 1. The molecule has 2 saturated carbocycles. The van der Waals surface area contributed by atoms with Gasteiger partial charge in [0.1, 0.15) is 0 Å².